The number of aryl methyl sites for hydroxylation is 1. The Morgan fingerprint density at radius 2 is 2.26 bits per heavy atom. The molecule has 9 heteroatoms. The molecule has 0 bridgehead atoms. The van der Waals surface area contributed by atoms with Gasteiger partial charge in [-0.2, -0.15) is 0 Å². The van der Waals surface area contributed by atoms with Crippen LogP contribution in [0.2, 0.25) is 5.02 Å². The highest BCUT2D eigenvalue weighted by molar-refractivity contribution is 14.0. The van der Waals surface area contributed by atoms with Gasteiger partial charge in [0.2, 0.25) is 0 Å². The predicted molar refractivity (Wildman–Crippen MR) is 103 cm³/mol. The van der Waals surface area contributed by atoms with E-state index in [1.54, 1.807) is 25.6 Å². The van der Waals surface area contributed by atoms with Crippen molar-refractivity contribution in [3.8, 4) is 5.75 Å². The third-order valence-corrected chi connectivity index (χ3v) is 3.35. The Bertz CT molecular complexity index is 660. The summed E-state index contributed by atoms with van der Waals surface area (Å²) in [5.74, 6) is 1.87. The molecule has 0 unspecified atom stereocenters. The topological polar surface area (TPSA) is 90.4 Å². The molecule has 0 saturated heterocycles. The lowest BCUT2D eigenvalue weighted by molar-refractivity contribution is 0.415. The molecule has 0 spiro atoms. The highest BCUT2D eigenvalue weighted by Gasteiger charge is 2.03. The van der Waals surface area contributed by atoms with Gasteiger partial charge in [-0.15, -0.1) is 34.2 Å². The normalized spacial score (nSPS) is 11.0. The first-order valence-electron chi connectivity index (χ1n) is 6.91. The van der Waals surface area contributed by atoms with Crippen LogP contribution in [0.1, 0.15) is 12.7 Å². The van der Waals surface area contributed by atoms with Gasteiger partial charge in [-0.1, -0.05) is 18.5 Å². The number of nitrogens with two attached hydrogens (primary N) is 1. The molecule has 0 saturated carbocycles. The van der Waals surface area contributed by atoms with Crippen LogP contribution in [-0.4, -0.2) is 34.4 Å². The summed E-state index contributed by atoms with van der Waals surface area (Å²) in [6, 6.07) is 5.32. The standard InChI is InChI=1S/C14H19ClN6O.HI/c1-3-13-20-18-9-21(13)7-6-17-14(16)19-10-4-5-12(22-2)11(15)8-10;/h4-5,8-9H,3,6-7H2,1-2H3,(H3,16,17,19);1H. The third kappa shape index (κ3) is 5.54. The molecule has 126 valence electrons. The number of nitrogens with one attached hydrogen (secondary N) is 1. The first-order chi connectivity index (χ1) is 10.6. The lowest BCUT2D eigenvalue weighted by Crippen LogP contribution is -2.23. The molecule has 1 aromatic heterocycles. The number of benzene rings is 1. The molecule has 0 aliphatic carbocycles. The van der Waals surface area contributed by atoms with Crippen molar-refractivity contribution >= 4 is 47.2 Å². The zero-order valence-electron chi connectivity index (χ0n) is 13.0. The van der Waals surface area contributed by atoms with E-state index < -0.39 is 0 Å². The van der Waals surface area contributed by atoms with Crippen LogP contribution in [0.3, 0.4) is 0 Å². The first kappa shape index (κ1) is 19.5. The number of ether oxygens (including phenoxy) is 1. The summed E-state index contributed by atoms with van der Waals surface area (Å²) < 4.78 is 7.06. The van der Waals surface area contributed by atoms with E-state index in [2.05, 4.69) is 20.5 Å². The van der Waals surface area contributed by atoms with E-state index in [1.807, 2.05) is 17.6 Å². The van der Waals surface area contributed by atoms with Crippen molar-refractivity contribution in [2.24, 2.45) is 10.7 Å². The molecule has 0 aliphatic heterocycles. The van der Waals surface area contributed by atoms with Crippen LogP contribution in [0, 0.1) is 0 Å². The van der Waals surface area contributed by atoms with Gasteiger partial charge in [0, 0.05) is 18.7 Å². The molecule has 2 aromatic rings. The van der Waals surface area contributed by atoms with Crippen molar-refractivity contribution in [2.75, 3.05) is 19.0 Å². The lowest BCUT2D eigenvalue weighted by atomic mass is 10.3. The molecule has 0 aliphatic rings. The largest absolute Gasteiger partial charge is 0.495 e. The minimum Gasteiger partial charge on any atom is -0.495 e. The van der Waals surface area contributed by atoms with Gasteiger partial charge in [0.25, 0.3) is 0 Å². The molecule has 1 heterocycles. The van der Waals surface area contributed by atoms with Crippen LogP contribution in [0.5, 0.6) is 5.75 Å². The fourth-order valence-corrected chi connectivity index (χ4v) is 2.21. The Kier molecular flexibility index (Phi) is 8.10. The first-order valence-corrected chi connectivity index (χ1v) is 7.29. The van der Waals surface area contributed by atoms with Crippen molar-refractivity contribution in [1.82, 2.24) is 14.8 Å². The van der Waals surface area contributed by atoms with Gasteiger partial charge in [0.15, 0.2) is 5.96 Å². The average Bonchev–Trinajstić information content (AvgIpc) is 2.95. The smallest absolute Gasteiger partial charge is 0.193 e. The van der Waals surface area contributed by atoms with Gasteiger partial charge in [-0.05, 0) is 18.2 Å². The van der Waals surface area contributed by atoms with Crippen LogP contribution in [0.15, 0.2) is 29.5 Å². The number of methoxy groups -OCH3 is 1. The zero-order chi connectivity index (χ0) is 15.9. The van der Waals surface area contributed by atoms with Crippen LogP contribution in [0.4, 0.5) is 5.69 Å². The minimum absolute atomic E-state index is 0. The Labute approximate surface area is 157 Å². The average molecular weight is 451 g/mol. The van der Waals surface area contributed by atoms with E-state index in [9.17, 15) is 0 Å². The van der Waals surface area contributed by atoms with Gasteiger partial charge in [-0.25, -0.2) is 0 Å². The van der Waals surface area contributed by atoms with Crippen LogP contribution < -0.4 is 15.8 Å². The number of halogens is 2. The molecular weight excluding hydrogens is 431 g/mol. The van der Waals surface area contributed by atoms with Gasteiger partial charge in [0.05, 0.1) is 18.7 Å². The van der Waals surface area contributed by atoms with Crippen molar-refractivity contribution in [3.05, 3.63) is 35.4 Å². The van der Waals surface area contributed by atoms with Crippen molar-refractivity contribution in [3.63, 3.8) is 0 Å². The zero-order valence-corrected chi connectivity index (χ0v) is 16.1. The third-order valence-electron chi connectivity index (χ3n) is 3.06. The van der Waals surface area contributed by atoms with Gasteiger partial charge in [0.1, 0.15) is 17.9 Å². The molecule has 23 heavy (non-hydrogen) atoms. The van der Waals surface area contributed by atoms with E-state index in [-0.39, 0.29) is 24.0 Å². The highest BCUT2D eigenvalue weighted by atomic mass is 127. The predicted octanol–water partition coefficient (Wildman–Crippen LogP) is 2.55. The Hall–Kier alpha value is -1.55. The number of aliphatic imine (C=N–C) groups is 1. The van der Waals surface area contributed by atoms with Crippen molar-refractivity contribution in [2.45, 2.75) is 19.9 Å². The van der Waals surface area contributed by atoms with E-state index in [1.165, 1.54) is 0 Å². The molecule has 7 nitrogen and oxygen atoms in total. The van der Waals surface area contributed by atoms with Gasteiger partial charge in [-0.3, -0.25) is 4.99 Å². The molecular formula is C14H20ClIN6O. The molecule has 1 aromatic carbocycles. The molecule has 2 rings (SSSR count). The molecule has 3 N–H and O–H groups in total. The number of nitrogens with zero attached hydrogens (tertiary/aromatic N) is 4. The van der Waals surface area contributed by atoms with Gasteiger partial charge < -0.3 is 20.4 Å². The number of hydrogen-bond acceptors (Lipinski definition) is 4. The summed E-state index contributed by atoms with van der Waals surface area (Å²) in [4.78, 5) is 4.27. The number of aromatic nitrogens is 3. The quantitative estimate of drug-likeness (QED) is 0.401. The molecule has 0 radical (unpaired) electrons. The Morgan fingerprint density at radius 3 is 2.91 bits per heavy atom. The van der Waals surface area contributed by atoms with Gasteiger partial charge >= 0.3 is 0 Å². The van der Waals surface area contributed by atoms with E-state index in [0.29, 0.717) is 29.8 Å². The minimum atomic E-state index is 0. The highest BCUT2D eigenvalue weighted by Crippen LogP contribution is 2.26. The SMILES string of the molecule is CCc1nncn1CCN=C(N)Nc1ccc(OC)c(Cl)c1.I. The van der Waals surface area contributed by atoms with Crippen LogP contribution in [0.25, 0.3) is 0 Å². The summed E-state index contributed by atoms with van der Waals surface area (Å²) in [6.07, 6.45) is 2.53. The number of hydrogen-bond donors (Lipinski definition) is 2. The fraction of sp³-hybridized carbons (Fsp3) is 0.357. The maximum atomic E-state index is 6.06. The number of guanidine groups is 1. The number of rotatable bonds is 6. The van der Waals surface area contributed by atoms with E-state index >= 15 is 0 Å². The monoisotopic (exact) mass is 450 g/mol. The summed E-state index contributed by atoms with van der Waals surface area (Å²) >= 11 is 6.06. The van der Waals surface area contributed by atoms with E-state index in [4.69, 9.17) is 22.1 Å². The molecule has 0 atom stereocenters. The van der Waals surface area contributed by atoms with Crippen molar-refractivity contribution in [1.29, 1.82) is 0 Å². The second-order valence-corrected chi connectivity index (χ2v) is 4.94. The maximum Gasteiger partial charge on any atom is 0.193 e. The summed E-state index contributed by atoms with van der Waals surface area (Å²) in [5.41, 5.74) is 6.62. The second kappa shape index (κ2) is 9.56. The second-order valence-electron chi connectivity index (χ2n) is 4.54. The van der Waals surface area contributed by atoms with E-state index in [0.717, 1.165) is 17.9 Å². The Balaban J connectivity index is 0.00000264. The molecule has 0 amide bonds. The summed E-state index contributed by atoms with van der Waals surface area (Å²) in [7, 11) is 1.57. The lowest BCUT2D eigenvalue weighted by Gasteiger charge is -2.08. The number of anilines is 1. The van der Waals surface area contributed by atoms with Crippen LogP contribution >= 0.6 is 35.6 Å². The summed E-state index contributed by atoms with van der Waals surface area (Å²) in [5, 5.41) is 11.4. The molecule has 0 fully saturated rings. The fourth-order valence-electron chi connectivity index (χ4n) is 1.95. The maximum absolute atomic E-state index is 6.06. The van der Waals surface area contributed by atoms with Crippen molar-refractivity contribution < 1.29 is 4.74 Å². The summed E-state index contributed by atoms with van der Waals surface area (Å²) in [6.45, 7) is 3.25. The Morgan fingerprint density at radius 1 is 1.48 bits per heavy atom. The van der Waals surface area contributed by atoms with Crippen LogP contribution in [-0.2, 0) is 13.0 Å².